The standard InChI is InChI=1S/C22H36N3O10PS2/c1-12(2)35-19(29)13(3)24-36(32,33-9-10-37-20(30)22(4,5)6)34-11-14-16(27)17(28)18(38-14)25-8-7-15(26)23-21(25)31/h7-8,12-14,16-18,27-28H,9-11H2,1-6H3,(H,24,32)(H,23,26,31)/t13-,14+,16+,17+,18+,36-/m0/s1. The number of carbonyl (C=O) groups excluding carboxylic acids is 2. The molecule has 0 radical (unpaired) electrons. The maximum Gasteiger partial charge on any atom is 0.406 e. The third kappa shape index (κ3) is 9.33. The molecular formula is C22H36N3O10PS2. The number of thioether (sulfide) groups is 2. The summed E-state index contributed by atoms with van der Waals surface area (Å²) in [7, 11) is -4.18. The molecule has 1 saturated heterocycles. The Bertz CT molecular complexity index is 1140. The molecule has 16 heteroatoms. The van der Waals surface area contributed by atoms with E-state index in [1.807, 2.05) is 0 Å². The molecule has 0 amide bonds. The summed E-state index contributed by atoms with van der Waals surface area (Å²) in [6.07, 6.45) is -1.98. The average molecular weight is 598 g/mol. The number of carbonyl (C=O) groups is 2. The van der Waals surface area contributed by atoms with Crippen molar-refractivity contribution >= 4 is 42.4 Å². The van der Waals surface area contributed by atoms with E-state index >= 15 is 0 Å². The molecule has 2 heterocycles. The molecule has 1 aromatic rings. The summed E-state index contributed by atoms with van der Waals surface area (Å²) in [6.45, 7) is 9.52. The molecule has 2 rings (SSSR count). The summed E-state index contributed by atoms with van der Waals surface area (Å²) in [4.78, 5) is 50.0. The zero-order valence-electron chi connectivity index (χ0n) is 22.1. The van der Waals surface area contributed by atoms with Crippen LogP contribution in [0.2, 0.25) is 0 Å². The fraction of sp³-hybridized carbons (Fsp3) is 0.727. The minimum absolute atomic E-state index is 0.0818. The maximum atomic E-state index is 13.5. The molecule has 1 aliphatic rings. The fourth-order valence-electron chi connectivity index (χ4n) is 3.14. The number of rotatable bonds is 12. The van der Waals surface area contributed by atoms with Crippen LogP contribution < -0.4 is 16.3 Å². The van der Waals surface area contributed by atoms with Gasteiger partial charge in [-0.3, -0.25) is 33.0 Å². The lowest BCUT2D eigenvalue weighted by molar-refractivity contribution is -0.149. The van der Waals surface area contributed by atoms with Crippen LogP contribution in [0.25, 0.3) is 0 Å². The molecule has 4 N–H and O–H groups in total. The van der Waals surface area contributed by atoms with E-state index < -0.39 is 65.4 Å². The van der Waals surface area contributed by atoms with Gasteiger partial charge in [0.2, 0.25) is 0 Å². The zero-order valence-corrected chi connectivity index (χ0v) is 24.6. The Morgan fingerprint density at radius 2 is 1.87 bits per heavy atom. The quantitative estimate of drug-likeness (QED) is 0.153. The Labute approximate surface area is 229 Å². The number of esters is 1. The molecule has 13 nitrogen and oxygen atoms in total. The van der Waals surface area contributed by atoms with Gasteiger partial charge in [-0.1, -0.05) is 32.5 Å². The maximum absolute atomic E-state index is 13.5. The normalized spacial score (nSPS) is 24.2. The van der Waals surface area contributed by atoms with E-state index in [4.69, 9.17) is 13.8 Å². The van der Waals surface area contributed by atoms with Crippen molar-refractivity contribution in [1.29, 1.82) is 0 Å². The Hall–Kier alpha value is -1.45. The van der Waals surface area contributed by atoms with E-state index in [2.05, 4.69) is 10.1 Å². The lowest BCUT2D eigenvalue weighted by atomic mass is 10.00. The summed E-state index contributed by atoms with van der Waals surface area (Å²) >= 11 is 1.99. The number of aromatic nitrogens is 2. The summed E-state index contributed by atoms with van der Waals surface area (Å²) < 4.78 is 30.8. The Kier molecular flexibility index (Phi) is 11.9. The number of nitrogens with zero attached hydrogens (tertiary/aromatic N) is 1. The van der Waals surface area contributed by atoms with Gasteiger partial charge in [0.1, 0.15) is 17.5 Å². The highest BCUT2D eigenvalue weighted by molar-refractivity contribution is 8.13. The van der Waals surface area contributed by atoms with Gasteiger partial charge in [0.15, 0.2) is 5.12 Å². The van der Waals surface area contributed by atoms with Gasteiger partial charge in [-0.05, 0) is 20.8 Å². The van der Waals surface area contributed by atoms with Crippen molar-refractivity contribution in [1.82, 2.24) is 14.6 Å². The van der Waals surface area contributed by atoms with E-state index in [9.17, 15) is 34.0 Å². The summed E-state index contributed by atoms with van der Waals surface area (Å²) in [6, 6.07) is 0.0305. The predicted octanol–water partition coefficient (Wildman–Crippen LogP) is 1.25. The number of hydrogen-bond acceptors (Lipinski definition) is 12. The lowest BCUT2D eigenvalue weighted by Crippen LogP contribution is -2.38. The highest BCUT2D eigenvalue weighted by Crippen LogP contribution is 2.48. The van der Waals surface area contributed by atoms with Gasteiger partial charge in [-0.2, -0.15) is 0 Å². The first kappa shape index (κ1) is 32.8. The molecule has 1 aliphatic heterocycles. The van der Waals surface area contributed by atoms with Gasteiger partial charge in [0, 0.05) is 23.4 Å². The van der Waals surface area contributed by atoms with E-state index in [1.165, 1.54) is 13.1 Å². The summed E-state index contributed by atoms with van der Waals surface area (Å²) in [5, 5.41) is 21.7. The van der Waals surface area contributed by atoms with Gasteiger partial charge in [0.05, 0.1) is 30.7 Å². The first-order valence-electron chi connectivity index (χ1n) is 11.9. The van der Waals surface area contributed by atoms with Crippen molar-refractivity contribution in [2.45, 2.75) is 76.5 Å². The molecule has 0 saturated carbocycles. The zero-order chi connectivity index (χ0) is 28.8. The van der Waals surface area contributed by atoms with Crippen LogP contribution in [0.3, 0.4) is 0 Å². The van der Waals surface area contributed by atoms with Crippen LogP contribution in [0.4, 0.5) is 0 Å². The topological polar surface area (TPSA) is 186 Å². The van der Waals surface area contributed by atoms with Crippen LogP contribution in [0.15, 0.2) is 21.9 Å². The number of nitrogens with one attached hydrogen (secondary N) is 2. The number of ether oxygens (including phenoxy) is 1. The van der Waals surface area contributed by atoms with Crippen LogP contribution in [0, 0.1) is 5.41 Å². The molecule has 216 valence electrons. The molecular weight excluding hydrogens is 561 g/mol. The van der Waals surface area contributed by atoms with Crippen LogP contribution in [-0.2, 0) is 27.9 Å². The molecule has 38 heavy (non-hydrogen) atoms. The van der Waals surface area contributed by atoms with Crippen LogP contribution >= 0.6 is 31.3 Å². The first-order valence-corrected chi connectivity index (χ1v) is 15.4. The number of aliphatic hydroxyl groups is 2. The second-order valence-corrected chi connectivity index (χ2v) is 14.1. The van der Waals surface area contributed by atoms with Crippen molar-refractivity contribution in [3.8, 4) is 0 Å². The molecule has 0 aromatic carbocycles. The Balaban J connectivity index is 2.11. The van der Waals surface area contributed by atoms with Crippen LogP contribution in [0.5, 0.6) is 0 Å². The SMILES string of the molecule is CC(C)OC(=O)[C@H](C)N[P@](=O)(OCCSC(=O)C(C)(C)C)OC[C@H]1S[C@@H](n2ccc(=O)[nH]c2=O)[C@H](O)[C@@H]1O. The molecule has 1 aromatic heterocycles. The first-order chi connectivity index (χ1) is 17.5. The number of hydrogen-bond donors (Lipinski definition) is 4. The van der Waals surface area contributed by atoms with Gasteiger partial charge in [0.25, 0.3) is 5.56 Å². The minimum atomic E-state index is -4.18. The van der Waals surface area contributed by atoms with Crippen molar-refractivity contribution in [3.63, 3.8) is 0 Å². The molecule has 0 unspecified atom stereocenters. The van der Waals surface area contributed by atoms with Crippen molar-refractivity contribution < 1.29 is 38.2 Å². The molecule has 0 spiro atoms. The second kappa shape index (κ2) is 13.8. The van der Waals surface area contributed by atoms with E-state index in [-0.39, 0.29) is 24.1 Å². The van der Waals surface area contributed by atoms with Gasteiger partial charge >= 0.3 is 19.4 Å². The smallest absolute Gasteiger partial charge is 0.406 e. The predicted molar refractivity (Wildman–Crippen MR) is 144 cm³/mol. The lowest BCUT2D eigenvalue weighted by Gasteiger charge is -2.25. The minimum Gasteiger partial charge on any atom is -0.462 e. The van der Waals surface area contributed by atoms with Crippen LogP contribution in [-0.4, -0.2) is 79.4 Å². The third-order valence-corrected chi connectivity index (χ3v) is 9.63. The number of aliphatic hydroxyl groups excluding tert-OH is 2. The summed E-state index contributed by atoms with van der Waals surface area (Å²) in [5.41, 5.74) is -1.95. The van der Waals surface area contributed by atoms with E-state index in [1.54, 1.807) is 34.6 Å². The van der Waals surface area contributed by atoms with Gasteiger partial charge in [-0.15, -0.1) is 11.8 Å². The second-order valence-electron chi connectivity index (χ2n) is 9.91. The molecule has 0 aliphatic carbocycles. The molecule has 1 fully saturated rings. The average Bonchev–Trinajstić information content (AvgIpc) is 3.08. The van der Waals surface area contributed by atoms with Gasteiger partial charge < -0.3 is 14.9 Å². The van der Waals surface area contributed by atoms with Gasteiger partial charge in [-0.25, -0.2) is 14.4 Å². The molecule has 6 atom stereocenters. The van der Waals surface area contributed by atoms with Crippen LogP contribution in [0.1, 0.15) is 46.9 Å². The fourth-order valence-corrected chi connectivity index (χ4v) is 7.09. The number of H-pyrrole nitrogens is 1. The van der Waals surface area contributed by atoms with Crippen molar-refractivity contribution in [3.05, 3.63) is 33.1 Å². The Morgan fingerprint density at radius 1 is 1.21 bits per heavy atom. The van der Waals surface area contributed by atoms with E-state index in [0.29, 0.717) is 0 Å². The Morgan fingerprint density at radius 3 is 2.45 bits per heavy atom. The van der Waals surface area contributed by atoms with E-state index in [0.717, 1.165) is 34.2 Å². The summed E-state index contributed by atoms with van der Waals surface area (Å²) in [5.74, 6) is -0.514. The number of aromatic amines is 1. The monoisotopic (exact) mass is 597 g/mol. The van der Waals surface area contributed by atoms with Crippen molar-refractivity contribution in [2.24, 2.45) is 5.41 Å². The van der Waals surface area contributed by atoms with Crippen molar-refractivity contribution in [2.75, 3.05) is 19.0 Å². The largest absolute Gasteiger partial charge is 0.462 e. The highest BCUT2D eigenvalue weighted by atomic mass is 32.2. The molecule has 0 bridgehead atoms. The highest BCUT2D eigenvalue weighted by Gasteiger charge is 2.45. The third-order valence-electron chi connectivity index (χ3n) is 5.12.